The molecular weight excluding hydrogens is 554 g/mol. The number of rotatable bonds is 9. The number of benzene rings is 1. The normalized spacial score (nSPS) is 23.2. The molecule has 0 spiro atoms. The number of amides is 2. The number of nitrogens with zero attached hydrogens (tertiary/aromatic N) is 6. The van der Waals surface area contributed by atoms with Crippen molar-refractivity contribution >= 4 is 33.9 Å². The van der Waals surface area contributed by atoms with E-state index in [9.17, 15) is 9.59 Å². The lowest BCUT2D eigenvalue weighted by Crippen LogP contribution is -2.51. The number of hydrogen-bond acceptors (Lipinski definition) is 6. The van der Waals surface area contributed by atoms with Crippen LogP contribution in [0.1, 0.15) is 55.8 Å². The Balaban J connectivity index is 1.23. The van der Waals surface area contributed by atoms with Crippen molar-refractivity contribution in [2.24, 2.45) is 23.5 Å². The number of ether oxygens (including phenoxy) is 1. The first-order valence-electron chi connectivity index (χ1n) is 16.3. The maximum absolute atomic E-state index is 13.9. The predicted octanol–water partition coefficient (Wildman–Crippen LogP) is 4.29. The van der Waals surface area contributed by atoms with Crippen molar-refractivity contribution in [1.29, 1.82) is 0 Å². The average Bonchev–Trinajstić information content (AvgIpc) is 3.36. The van der Waals surface area contributed by atoms with E-state index >= 15 is 0 Å². The van der Waals surface area contributed by atoms with Crippen LogP contribution in [-0.4, -0.2) is 79.5 Å². The van der Waals surface area contributed by atoms with Gasteiger partial charge < -0.3 is 29.4 Å². The van der Waals surface area contributed by atoms with E-state index in [2.05, 4.69) is 21.3 Å². The van der Waals surface area contributed by atoms with Gasteiger partial charge in [0.1, 0.15) is 16.9 Å². The minimum Gasteiger partial charge on any atom is -0.494 e. The van der Waals surface area contributed by atoms with Crippen LogP contribution in [0.2, 0.25) is 0 Å². The van der Waals surface area contributed by atoms with Gasteiger partial charge in [0.05, 0.1) is 18.3 Å². The second-order valence-electron chi connectivity index (χ2n) is 13.4. The summed E-state index contributed by atoms with van der Waals surface area (Å²) in [7, 11) is 1.66. The zero-order valence-electron chi connectivity index (χ0n) is 25.6. The molecule has 2 amide bonds. The lowest BCUT2D eigenvalue weighted by molar-refractivity contribution is -0.137. The summed E-state index contributed by atoms with van der Waals surface area (Å²) in [5.41, 5.74) is 10.7. The Morgan fingerprint density at radius 2 is 1.84 bits per heavy atom. The van der Waals surface area contributed by atoms with Crippen molar-refractivity contribution in [3.63, 3.8) is 0 Å². The molecule has 4 fully saturated rings. The number of imidazole rings is 1. The number of fused-ring (bicyclic) bond motifs is 4. The summed E-state index contributed by atoms with van der Waals surface area (Å²) < 4.78 is 10.6. The minimum atomic E-state index is 0.0000632. The maximum Gasteiger partial charge on any atom is 0.254 e. The molecule has 1 aromatic carbocycles. The Hall–Kier alpha value is -3.92. The van der Waals surface area contributed by atoms with E-state index in [1.165, 1.54) is 12.8 Å². The molecule has 4 aromatic rings. The van der Waals surface area contributed by atoms with Crippen LogP contribution in [0.25, 0.3) is 33.6 Å². The van der Waals surface area contributed by atoms with Crippen molar-refractivity contribution in [2.45, 2.75) is 70.6 Å². The van der Waals surface area contributed by atoms with Gasteiger partial charge in [-0.3, -0.25) is 9.59 Å². The van der Waals surface area contributed by atoms with Crippen molar-refractivity contribution < 1.29 is 14.3 Å². The molecule has 2 aliphatic heterocycles. The standard InChI is InChI=1S/C34H41N7O3/c1-3-5-29(42)38-15-21(16-38)18-41-31-25(12-24(14-28(31)44-2)34(43)40-19-23-9-10-26(40)30(23)35)37-33(41)27-13-22-6-4-11-36-32(22)39(27)17-20-7-8-20/h4,6,11-14,20-21,23,26,30H,3,5,7-10,15-19,35H2,1-2H3/t23?,26?,30-/m1/s1. The van der Waals surface area contributed by atoms with Gasteiger partial charge in [-0.1, -0.05) is 6.92 Å². The molecule has 2 bridgehead atoms. The molecular formula is C34H41N7O3. The van der Waals surface area contributed by atoms with Crippen LogP contribution >= 0.6 is 0 Å². The van der Waals surface area contributed by atoms with Crippen molar-refractivity contribution in [1.82, 2.24) is 28.9 Å². The molecule has 3 aromatic heterocycles. The highest BCUT2D eigenvalue weighted by atomic mass is 16.5. The lowest BCUT2D eigenvalue weighted by Gasteiger charge is -2.40. The summed E-state index contributed by atoms with van der Waals surface area (Å²) in [4.78, 5) is 40.4. The number of aromatic nitrogens is 4. The highest BCUT2D eigenvalue weighted by molar-refractivity contribution is 6.00. The third-order valence-electron chi connectivity index (χ3n) is 10.4. The number of nitrogens with two attached hydrogens (primary N) is 1. The molecule has 2 unspecified atom stereocenters. The Labute approximate surface area is 257 Å². The molecule has 0 radical (unpaired) electrons. The van der Waals surface area contributed by atoms with Gasteiger partial charge in [0, 0.05) is 74.3 Å². The molecule has 10 heteroatoms. The molecule has 2 N–H and O–H groups in total. The predicted molar refractivity (Wildman–Crippen MR) is 168 cm³/mol. The third kappa shape index (κ3) is 4.48. The van der Waals surface area contributed by atoms with E-state index in [4.69, 9.17) is 20.4 Å². The molecule has 3 atom stereocenters. The fourth-order valence-corrected chi connectivity index (χ4v) is 7.87. The van der Waals surface area contributed by atoms with Crippen molar-refractivity contribution in [3.05, 3.63) is 42.1 Å². The summed E-state index contributed by atoms with van der Waals surface area (Å²) >= 11 is 0. The van der Waals surface area contributed by atoms with Crippen LogP contribution in [0.5, 0.6) is 5.75 Å². The fourth-order valence-electron chi connectivity index (χ4n) is 7.87. The SMILES string of the molecule is CCCC(=O)N1CC(Cn2c(-c3cc4cccnc4n3CC3CC3)nc3cc(C(=O)N4CC5CCC4[C@@H]5N)cc(OC)c32)C1. The van der Waals surface area contributed by atoms with Gasteiger partial charge in [-0.25, -0.2) is 9.97 Å². The van der Waals surface area contributed by atoms with Crippen LogP contribution < -0.4 is 10.5 Å². The molecule has 5 heterocycles. The number of hydrogen-bond donors (Lipinski definition) is 1. The first kappa shape index (κ1) is 27.6. The average molecular weight is 596 g/mol. The van der Waals surface area contributed by atoms with Crippen molar-refractivity contribution in [2.75, 3.05) is 26.7 Å². The summed E-state index contributed by atoms with van der Waals surface area (Å²) in [5.74, 6) is 3.05. The fraction of sp³-hybridized carbons (Fsp3) is 0.529. The van der Waals surface area contributed by atoms with E-state index in [0.717, 1.165) is 72.5 Å². The van der Waals surface area contributed by atoms with Crippen LogP contribution in [0, 0.1) is 17.8 Å². The monoisotopic (exact) mass is 595 g/mol. The molecule has 4 aliphatic rings. The molecule has 10 nitrogen and oxygen atoms in total. The number of methoxy groups -OCH3 is 1. The smallest absolute Gasteiger partial charge is 0.254 e. The second-order valence-corrected chi connectivity index (χ2v) is 13.4. The van der Waals surface area contributed by atoms with Crippen LogP contribution in [0.15, 0.2) is 36.5 Å². The quantitative estimate of drug-likeness (QED) is 0.309. The second kappa shape index (κ2) is 10.6. The summed E-state index contributed by atoms with van der Waals surface area (Å²) in [6, 6.07) is 10.3. The molecule has 2 aliphatic carbocycles. The zero-order valence-corrected chi connectivity index (χ0v) is 25.6. The van der Waals surface area contributed by atoms with E-state index in [1.807, 2.05) is 41.1 Å². The Morgan fingerprint density at radius 3 is 2.55 bits per heavy atom. The van der Waals surface area contributed by atoms with Gasteiger partial charge in [-0.15, -0.1) is 0 Å². The topological polar surface area (TPSA) is 112 Å². The van der Waals surface area contributed by atoms with E-state index in [0.29, 0.717) is 48.6 Å². The van der Waals surface area contributed by atoms with Crippen LogP contribution in [-0.2, 0) is 17.9 Å². The van der Waals surface area contributed by atoms with Crippen LogP contribution in [0.3, 0.4) is 0 Å². The first-order chi connectivity index (χ1) is 21.4. The molecule has 44 heavy (non-hydrogen) atoms. The summed E-state index contributed by atoms with van der Waals surface area (Å²) in [6.45, 7) is 5.84. The molecule has 2 saturated carbocycles. The van der Waals surface area contributed by atoms with Gasteiger partial charge in [-0.2, -0.15) is 0 Å². The van der Waals surface area contributed by atoms with E-state index < -0.39 is 0 Å². The highest BCUT2D eigenvalue weighted by Crippen LogP contribution is 2.41. The maximum atomic E-state index is 13.9. The zero-order chi connectivity index (χ0) is 30.1. The van der Waals surface area contributed by atoms with Crippen LogP contribution in [0.4, 0.5) is 0 Å². The Kier molecular flexibility index (Phi) is 6.66. The van der Waals surface area contributed by atoms with E-state index in [-0.39, 0.29) is 23.9 Å². The third-order valence-corrected chi connectivity index (χ3v) is 10.4. The number of likely N-dealkylation sites (tertiary alicyclic amines) is 2. The number of carbonyl (C=O) groups excluding carboxylic acids is 2. The minimum absolute atomic E-state index is 0.0000632. The largest absolute Gasteiger partial charge is 0.494 e. The van der Waals surface area contributed by atoms with Gasteiger partial charge in [-0.05, 0) is 74.3 Å². The summed E-state index contributed by atoms with van der Waals surface area (Å²) in [5, 5.41) is 1.09. The van der Waals surface area contributed by atoms with E-state index in [1.54, 1.807) is 7.11 Å². The van der Waals surface area contributed by atoms with Gasteiger partial charge >= 0.3 is 0 Å². The first-order valence-corrected chi connectivity index (χ1v) is 16.3. The lowest BCUT2D eigenvalue weighted by atomic mass is 9.99. The number of carbonyl (C=O) groups is 2. The van der Waals surface area contributed by atoms with Gasteiger partial charge in [0.25, 0.3) is 5.91 Å². The van der Waals surface area contributed by atoms with Gasteiger partial charge in [0.2, 0.25) is 5.91 Å². The number of pyridine rings is 1. The van der Waals surface area contributed by atoms with Crippen molar-refractivity contribution in [3.8, 4) is 17.3 Å². The summed E-state index contributed by atoms with van der Waals surface area (Å²) in [6.07, 6.45) is 7.83. The number of piperidine rings is 1. The Bertz CT molecular complexity index is 1770. The molecule has 230 valence electrons. The molecule has 8 rings (SSSR count). The molecule has 2 saturated heterocycles. The highest BCUT2D eigenvalue weighted by Gasteiger charge is 2.47. The Morgan fingerprint density at radius 1 is 1.02 bits per heavy atom. The van der Waals surface area contributed by atoms with Gasteiger partial charge in [0.15, 0.2) is 5.82 Å².